The molecule has 4 nitrogen and oxygen atoms in total. The Morgan fingerprint density at radius 3 is 2.71 bits per heavy atom. The van der Waals surface area contributed by atoms with Gasteiger partial charge in [0.2, 0.25) is 0 Å². The molecule has 21 heavy (non-hydrogen) atoms. The van der Waals surface area contributed by atoms with Crippen LogP contribution < -0.4 is 4.74 Å². The topological polar surface area (TPSA) is 39.5 Å². The molecule has 0 radical (unpaired) electrons. The summed E-state index contributed by atoms with van der Waals surface area (Å²) in [5.41, 5.74) is 0. The van der Waals surface area contributed by atoms with E-state index >= 15 is 0 Å². The molecule has 0 N–H and O–H groups in total. The van der Waals surface area contributed by atoms with E-state index in [-0.39, 0.29) is 6.04 Å². The molecule has 1 heterocycles. The zero-order chi connectivity index (χ0) is 15.1. The van der Waals surface area contributed by atoms with Crippen molar-refractivity contribution in [3.63, 3.8) is 0 Å². The van der Waals surface area contributed by atoms with Gasteiger partial charge in [-0.25, -0.2) is 0 Å². The van der Waals surface area contributed by atoms with Gasteiger partial charge < -0.3 is 4.74 Å². The fourth-order valence-corrected chi connectivity index (χ4v) is 2.96. The highest BCUT2D eigenvalue weighted by Gasteiger charge is 2.22. The van der Waals surface area contributed by atoms with Gasteiger partial charge in [-0.2, -0.15) is 5.26 Å². The average molecular weight is 352 g/mol. The fourth-order valence-electron chi connectivity index (χ4n) is 2.58. The molecule has 1 atom stereocenters. The SMILES string of the molecule is CCC(C#N)N1CCN(CCOc2cccc(Br)c2)CC1. The highest BCUT2D eigenvalue weighted by molar-refractivity contribution is 9.10. The minimum atomic E-state index is 0.0741. The first-order valence-electron chi connectivity index (χ1n) is 7.47. The summed E-state index contributed by atoms with van der Waals surface area (Å²) in [6.45, 7) is 7.69. The molecule has 1 unspecified atom stereocenters. The average Bonchev–Trinajstić information content (AvgIpc) is 2.50. The van der Waals surface area contributed by atoms with E-state index in [4.69, 9.17) is 10.00 Å². The van der Waals surface area contributed by atoms with Crippen molar-refractivity contribution < 1.29 is 4.74 Å². The van der Waals surface area contributed by atoms with Crippen LogP contribution in [-0.2, 0) is 0 Å². The van der Waals surface area contributed by atoms with Crippen LogP contribution in [0, 0.1) is 11.3 Å². The predicted octanol–water partition coefficient (Wildman–Crippen LogP) is 2.75. The Labute approximate surface area is 135 Å². The highest BCUT2D eigenvalue weighted by atomic mass is 79.9. The Hall–Kier alpha value is -1.09. The number of benzene rings is 1. The van der Waals surface area contributed by atoms with Crippen LogP contribution in [0.3, 0.4) is 0 Å². The van der Waals surface area contributed by atoms with Gasteiger partial charge >= 0.3 is 0 Å². The molecule has 114 valence electrons. The van der Waals surface area contributed by atoms with Gasteiger partial charge in [0.05, 0.1) is 12.1 Å². The van der Waals surface area contributed by atoms with Crippen LogP contribution in [0.5, 0.6) is 5.75 Å². The van der Waals surface area contributed by atoms with Crippen molar-refractivity contribution >= 4 is 15.9 Å². The molecule has 1 fully saturated rings. The fraction of sp³-hybridized carbons (Fsp3) is 0.562. The third-order valence-electron chi connectivity index (χ3n) is 3.86. The number of hydrogen-bond donors (Lipinski definition) is 0. The van der Waals surface area contributed by atoms with Gasteiger partial charge in [0.25, 0.3) is 0 Å². The van der Waals surface area contributed by atoms with Crippen molar-refractivity contribution in [3.8, 4) is 11.8 Å². The molecule has 0 spiro atoms. The molecule has 0 aliphatic carbocycles. The van der Waals surface area contributed by atoms with Gasteiger partial charge in [-0.15, -0.1) is 0 Å². The quantitative estimate of drug-likeness (QED) is 0.789. The van der Waals surface area contributed by atoms with Crippen LogP contribution in [-0.4, -0.2) is 55.2 Å². The van der Waals surface area contributed by atoms with Crippen molar-refractivity contribution in [2.75, 3.05) is 39.3 Å². The predicted molar refractivity (Wildman–Crippen MR) is 87.3 cm³/mol. The summed E-state index contributed by atoms with van der Waals surface area (Å²) in [7, 11) is 0. The lowest BCUT2D eigenvalue weighted by Gasteiger charge is -2.36. The van der Waals surface area contributed by atoms with Gasteiger partial charge in [-0.3, -0.25) is 9.80 Å². The minimum absolute atomic E-state index is 0.0741. The van der Waals surface area contributed by atoms with E-state index in [0.29, 0.717) is 6.61 Å². The van der Waals surface area contributed by atoms with Crippen molar-refractivity contribution in [2.24, 2.45) is 0 Å². The smallest absolute Gasteiger partial charge is 0.120 e. The number of rotatable bonds is 6. The lowest BCUT2D eigenvalue weighted by molar-refractivity contribution is 0.101. The normalized spacial score (nSPS) is 18.1. The van der Waals surface area contributed by atoms with E-state index in [2.05, 4.69) is 38.7 Å². The second-order valence-corrected chi connectivity index (χ2v) is 6.15. The molecular formula is C16H22BrN3O. The Morgan fingerprint density at radius 2 is 2.10 bits per heavy atom. The zero-order valence-electron chi connectivity index (χ0n) is 12.5. The molecule has 0 aromatic heterocycles. The van der Waals surface area contributed by atoms with Crippen LogP contribution in [0.4, 0.5) is 0 Å². The lowest BCUT2D eigenvalue weighted by atomic mass is 10.2. The number of halogens is 1. The molecule has 1 aliphatic heterocycles. The largest absolute Gasteiger partial charge is 0.492 e. The Bertz CT molecular complexity index is 481. The number of nitriles is 1. The van der Waals surface area contributed by atoms with E-state index in [9.17, 15) is 0 Å². The Morgan fingerprint density at radius 1 is 1.33 bits per heavy atom. The number of ether oxygens (including phenoxy) is 1. The molecule has 0 saturated carbocycles. The monoisotopic (exact) mass is 351 g/mol. The zero-order valence-corrected chi connectivity index (χ0v) is 14.1. The Kier molecular flexibility index (Phi) is 6.50. The van der Waals surface area contributed by atoms with Crippen LogP contribution in [0.15, 0.2) is 28.7 Å². The molecule has 1 aliphatic rings. The summed E-state index contributed by atoms with van der Waals surface area (Å²) in [6, 6.07) is 10.4. The summed E-state index contributed by atoms with van der Waals surface area (Å²) in [5.74, 6) is 0.901. The summed E-state index contributed by atoms with van der Waals surface area (Å²) in [6.07, 6.45) is 0.905. The molecule has 5 heteroatoms. The van der Waals surface area contributed by atoms with Crippen LogP contribution in [0.2, 0.25) is 0 Å². The van der Waals surface area contributed by atoms with Gasteiger partial charge in [-0.05, 0) is 24.6 Å². The summed E-state index contributed by atoms with van der Waals surface area (Å²) in [5, 5.41) is 9.10. The molecule has 0 bridgehead atoms. The summed E-state index contributed by atoms with van der Waals surface area (Å²) >= 11 is 3.44. The van der Waals surface area contributed by atoms with Crippen molar-refractivity contribution in [1.82, 2.24) is 9.80 Å². The lowest BCUT2D eigenvalue weighted by Crippen LogP contribution is -2.50. The first kappa shape index (κ1) is 16.3. The van der Waals surface area contributed by atoms with Crippen molar-refractivity contribution in [2.45, 2.75) is 19.4 Å². The van der Waals surface area contributed by atoms with Crippen LogP contribution in [0.1, 0.15) is 13.3 Å². The van der Waals surface area contributed by atoms with Gasteiger partial charge in [0.1, 0.15) is 12.4 Å². The van der Waals surface area contributed by atoms with Crippen LogP contribution >= 0.6 is 15.9 Å². The number of piperazine rings is 1. The first-order chi connectivity index (χ1) is 10.2. The Balaban J connectivity index is 1.68. The second-order valence-electron chi connectivity index (χ2n) is 5.24. The van der Waals surface area contributed by atoms with Gasteiger partial charge in [-0.1, -0.05) is 28.9 Å². The molecular weight excluding hydrogens is 330 g/mol. The van der Waals surface area contributed by atoms with E-state index in [0.717, 1.165) is 49.4 Å². The minimum Gasteiger partial charge on any atom is -0.492 e. The first-order valence-corrected chi connectivity index (χ1v) is 8.26. The molecule has 1 aromatic rings. The van der Waals surface area contributed by atoms with E-state index in [1.807, 2.05) is 24.3 Å². The third kappa shape index (κ3) is 4.99. The second kappa shape index (κ2) is 8.38. The van der Waals surface area contributed by atoms with E-state index in [1.54, 1.807) is 0 Å². The van der Waals surface area contributed by atoms with Gasteiger partial charge in [0.15, 0.2) is 0 Å². The maximum Gasteiger partial charge on any atom is 0.120 e. The number of hydrogen-bond acceptors (Lipinski definition) is 4. The molecule has 1 saturated heterocycles. The highest BCUT2D eigenvalue weighted by Crippen LogP contribution is 2.17. The number of nitrogens with zero attached hydrogens (tertiary/aromatic N) is 3. The molecule has 2 rings (SSSR count). The molecule has 1 aromatic carbocycles. The standard InChI is InChI=1S/C16H22BrN3O/c1-2-15(13-18)20-8-6-19(7-9-20)10-11-21-16-5-3-4-14(17)12-16/h3-5,12,15H,2,6-11H2,1H3. The summed E-state index contributed by atoms with van der Waals surface area (Å²) < 4.78 is 6.81. The van der Waals surface area contributed by atoms with Crippen molar-refractivity contribution in [3.05, 3.63) is 28.7 Å². The van der Waals surface area contributed by atoms with Gasteiger partial charge in [0, 0.05) is 37.2 Å². The summed E-state index contributed by atoms with van der Waals surface area (Å²) in [4.78, 5) is 4.68. The van der Waals surface area contributed by atoms with E-state index in [1.165, 1.54) is 0 Å². The van der Waals surface area contributed by atoms with E-state index < -0.39 is 0 Å². The molecule has 0 amide bonds. The van der Waals surface area contributed by atoms with Crippen LogP contribution in [0.25, 0.3) is 0 Å². The third-order valence-corrected chi connectivity index (χ3v) is 4.35. The maximum atomic E-state index is 9.10. The maximum absolute atomic E-state index is 9.10. The van der Waals surface area contributed by atoms with Crippen molar-refractivity contribution in [1.29, 1.82) is 5.26 Å².